The first-order valence-corrected chi connectivity index (χ1v) is 7.06. The smallest absolute Gasteiger partial charge is 0.132 e. The molecule has 2 rings (SSSR count). The number of hydrogen-bond donors (Lipinski definition) is 0. The van der Waals surface area contributed by atoms with Gasteiger partial charge >= 0.3 is 0 Å². The molecule has 0 spiro atoms. The Balaban J connectivity index is 2.36. The summed E-state index contributed by atoms with van der Waals surface area (Å²) in [6.45, 7) is 1.64. The first-order valence-electron chi connectivity index (χ1n) is 6.14. The first kappa shape index (κ1) is 14.4. The Hall–Kier alpha value is -1.03. The van der Waals surface area contributed by atoms with Gasteiger partial charge in [0, 0.05) is 17.7 Å². The van der Waals surface area contributed by atoms with Gasteiger partial charge in [-0.2, -0.15) is 5.10 Å². The molecule has 0 aliphatic rings. The number of benzene rings is 1. The molecule has 102 valence electrons. The third-order valence-electron chi connectivity index (χ3n) is 2.92. The minimum atomic E-state index is 0.366. The quantitative estimate of drug-likeness (QED) is 0.788. The molecule has 0 fully saturated rings. The van der Waals surface area contributed by atoms with Crippen molar-refractivity contribution >= 4 is 23.2 Å². The molecule has 0 amide bonds. The summed E-state index contributed by atoms with van der Waals surface area (Å²) in [5.41, 5.74) is 2.82. The molecule has 5 heteroatoms. The summed E-state index contributed by atoms with van der Waals surface area (Å²) in [4.78, 5) is 2.10. The van der Waals surface area contributed by atoms with Gasteiger partial charge < -0.3 is 4.90 Å². The van der Waals surface area contributed by atoms with E-state index in [4.69, 9.17) is 23.2 Å². The van der Waals surface area contributed by atoms with E-state index in [0.717, 1.165) is 29.9 Å². The van der Waals surface area contributed by atoms with E-state index in [1.807, 2.05) is 49.1 Å². The van der Waals surface area contributed by atoms with Crippen molar-refractivity contribution in [3.8, 4) is 11.3 Å². The summed E-state index contributed by atoms with van der Waals surface area (Å²) in [5.74, 6) is 0.366. The molecule has 1 aromatic heterocycles. The molecule has 0 saturated heterocycles. The number of halogens is 2. The number of hydrogen-bond acceptors (Lipinski definition) is 2. The predicted octanol–water partition coefficient (Wildman–Crippen LogP) is 3.50. The fraction of sp³-hybridized carbons (Fsp3) is 0.357. The molecule has 0 bridgehead atoms. The minimum Gasteiger partial charge on any atom is -0.308 e. The van der Waals surface area contributed by atoms with Crippen LogP contribution in [0, 0.1) is 0 Å². The maximum absolute atomic E-state index is 6.36. The highest BCUT2D eigenvalue weighted by molar-refractivity contribution is 6.31. The zero-order chi connectivity index (χ0) is 13.8. The SMILES string of the molecule is CN(C)CCn1nc(-c2ccccc2)c(CCl)c1Cl. The van der Waals surface area contributed by atoms with Crippen molar-refractivity contribution in [2.24, 2.45) is 0 Å². The molecule has 3 nitrogen and oxygen atoms in total. The first-order chi connectivity index (χ1) is 9.13. The highest BCUT2D eigenvalue weighted by Gasteiger charge is 2.16. The normalized spacial score (nSPS) is 11.2. The lowest BCUT2D eigenvalue weighted by atomic mass is 10.1. The molecular weight excluding hydrogens is 281 g/mol. The Bertz CT molecular complexity index is 535. The van der Waals surface area contributed by atoms with Crippen LogP contribution in [-0.4, -0.2) is 35.3 Å². The molecule has 0 N–H and O–H groups in total. The summed E-state index contributed by atoms with van der Waals surface area (Å²) >= 11 is 12.4. The summed E-state index contributed by atoms with van der Waals surface area (Å²) in [6, 6.07) is 9.99. The minimum absolute atomic E-state index is 0.366. The predicted molar refractivity (Wildman–Crippen MR) is 80.8 cm³/mol. The van der Waals surface area contributed by atoms with Crippen molar-refractivity contribution < 1.29 is 0 Å². The second-order valence-corrected chi connectivity index (χ2v) is 5.27. The van der Waals surface area contributed by atoms with E-state index >= 15 is 0 Å². The molecule has 0 radical (unpaired) electrons. The average Bonchev–Trinajstić information content (AvgIpc) is 2.74. The molecule has 2 aromatic rings. The van der Waals surface area contributed by atoms with Crippen LogP contribution in [0.1, 0.15) is 5.56 Å². The van der Waals surface area contributed by atoms with Gasteiger partial charge in [0.05, 0.1) is 18.1 Å². The van der Waals surface area contributed by atoms with Gasteiger partial charge in [-0.3, -0.25) is 4.68 Å². The van der Waals surface area contributed by atoms with Gasteiger partial charge in [0.15, 0.2) is 0 Å². The lowest BCUT2D eigenvalue weighted by molar-refractivity contribution is 0.373. The van der Waals surface area contributed by atoms with E-state index in [1.165, 1.54) is 0 Å². The topological polar surface area (TPSA) is 21.1 Å². The zero-order valence-electron chi connectivity index (χ0n) is 11.1. The Labute approximate surface area is 123 Å². The number of likely N-dealkylation sites (N-methyl/N-ethyl adjacent to an activating group) is 1. The van der Waals surface area contributed by atoms with Gasteiger partial charge in [0.1, 0.15) is 5.15 Å². The Kier molecular flexibility index (Phi) is 4.86. The molecule has 0 aliphatic carbocycles. The highest BCUT2D eigenvalue weighted by Crippen LogP contribution is 2.29. The van der Waals surface area contributed by atoms with Gasteiger partial charge in [-0.1, -0.05) is 41.9 Å². The fourth-order valence-corrected chi connectivity index (χ4v) is 2.47. The molecule has 0 saturated carbocycles. The molecule has 19 heavy (non-hydrogen) atoms. The van der Waals surface area contributed by atoms with Gasteiger partial charge in [0.2, 0.25) is 0 Å². The molecule has 1 heterocycles. The van der Waals surface area contributed by atoms with Crippen LogP contribution in [0.5, 0.6) is 0 Å². The van der Waals surface area contributed by atoms with Gasteiger partial charge in [-0.25, -0.2) is 0 Å². The average molecular weight is 298 g/mol. The van der Waals surface area contributed by atoms with Crippen LogP contribution < -0.4 is 0 Å². The molecule has 1 aromatic carbocycles. The van der Waals surface area contributed by atoms with Crippen molar-refractivity contribution in [1.82, 2.24) is 14.7 Å². The number of rotatable bonds is 5. The standard InChI is InChI=1S/C14H17Cl2N3/c1-18(2)8-9-19-14(16)12(10-15)13(17-19)11-6-4-3-5-7-11/h3-7H,8-10H2,1-2H3. The Morgan fingerprint density at radius 2 is 1.89 bits per heavy atom. The van der Waals surface area contributed by atoms with Crippen molar-refractivity contribution in [2.75, 3.05) is 20.6 Å². The molecule has 0 unspecified atom stereocenters. The molecular formula is C14H17Cl2N3. The van der Waals surface area contributed by atoms with Crippen LogP contribution in [-0.2, 0) is 12.4 Å². The Morgan fingerprint density at radius 1 is 1.21 bits per heavy atom. The third kappa shape index (κ3) is 3.30. The fourth-order valence-electron chi connectivity index (χ4n) is 1.87. The highest BCUT2D eigenvalue weighted by atomic mass is 35.5. The van der Waals surface area contributed by atoms with Crippen molar-refractivity contribution in [3.63, 3.8) is 0 Å². The largest absolute Gasteiger partial charge is 0.308 e. The number of nitrogens with zero attached hydrogens (tertiary/aromatic N) is 3. The van der Waals surface area contributed by atoms with Crippen LogP contribution in [0.15, 0.2) is 30.3 Å². The second kappa shape index (κ2) is 6.42. The van der Waals surface area contributed by atoms with E-state index < -0.39 is 0 Å². The van der Waals surface area contributed by atoms with Crippen molar-refractivity contribution in [2.45, 2.75) is 12.4 Å². The third-order valence-corrected chi connectivity index (χ3v) is 3.61. The summed E-state index contributed by atoms with van der Waals surface area (Å²) in [5, 5.41) is 5.23. The maximum atomic E-state index is 6.36. The van der Waals surface area contributed by atoms with Crippen LogP contribution in [0.3, 0.4) is 0 Å². The van der Waals surface area contributed by atoms with Gasteiger partial charge in [-0.05, 0) is 14.1 Å². The van der Waals surface area contributed by atoms with Crippen LogP contribution in [0.2, 0.25) is 5.15 Å². The number of alkyl halides is 1. The molecule has 0 atom stereocenters. The summed E-state index contributed by atoms with van der Waals surface area (Å²) in [6.07, 6.45) is 0. The van der Waals surface area contributed by atoms with E-state index in [9.17, 15) is 0 Å². The zero-order valence-corrected chi connectivity index (χ0v) is 12.6. The van der Waals surface area contributed by atoms with E-state index in [0.29, 0.717) is 11.0 Å². The summed E-state index contributed by atoms with van der Waals surface area (Å²) in [7, 11) is 4.05. The van der Waals surface area contributed by atoms with Crippen LogP contribution in [0.25, 0.3) is 11.3 Å². The summed E-state index contributed by atoms with van der Waals surface area (Å²) < 4.78 is 1.82. The number of aromatic nitrogens is 2. The van der Waals surface area contributed by atoms with E-state index in [2.05, 4.69) is 10.00 Å². The lowest BCUT2D eigenvalue weighted by Crippen LogP contribution is -2.19. The lowest BCUT2D eigenvalue weighted by Gasteiger charge is -2.09. The maximum Gasteiger partial charge on any atom is 0.132 e. The Morgan fingerprint density at radius 3 is 2.47 bits per heavy atom. The van der Waals surface area contributed by atoms with Gasteiger partial charge in [-0.15, -0.1) is 11.6 Å². The van der Waals surface area contributed by atoms with Crippen LogP contribution in [0.4, 0.5) is 0 Å². The van der Waals surface area contributed by atoms with Gasteiger partial charge in [0.25, 0.3) is 0 Å². The molecule has 0 aliphatic heterocycles. The van der Waals surface area contributed by atoms with Crippen molar-refractivity contribution in [1.29, 1.82) is 0 Å². The van der Waals surface area contributed by atoms with E-state index in [-0.39, 0.29) is 0 Å². The van der Waals surface area contributed by atoms with E-state index in [1.54, 1.807) is 0 Å². The van der Waals surface area contributed by atoms with Crippen molar-refractivity contribution in [3.05, 3.63) is 41.0 Å². The second-order valence-electron chi connectivity index (χ2n) is 4.64. The monoisotopic (exact) mass is 297 g/mol. The van der Waals surface area contributed by atoms with Crippen LogP contribution >= 0.6 is 23.2 Å².